The molecule has 0 radical (unpaired) electrons. The van der Waals surface area contributed by atoms with Crippen molar-refractivity contribution in [3.05, 3.63) is 23.7 Å². The molecule has 0 amide bonds. The lowest BCUT2D eigenvalue weighted by Crippen LogP contribution is -2.42. The molecule has 20 heavy (non-hydrogen) atoms. The van der Waals surface area contributed by atoms with Gasteiger partial charge in [0.1, 0.15) is 5.76 Å². The van der Waals surface area contributed by atoms with Crippen molar-refractivity contribution in [3.8, 4) is 0 Å². The molecule has 3 heteroatoms. The summed E-state index contributed by atoms with van der Waals surface area (Å²) in [6.07, 6.45) is 8.21. The number of rotatable bonds is 4. The van der Waals surface area contributed by atoms with E-state index in [1.807, 2.05) is 6.26 Å². The van der Waals surface area contributed by atoms with Crippen molar-refractivity contribution in [2.75, 3.05) is 19.6 Å². The first-order valence-corrected chi connectivity index (χ1v) is 8.28. The Morgan fingerprint density at radius 2 is 2.10 bits per heavy atom. The second-order valence-corrected chi connectivity index (χ2v) is 6.69. The van der Waals surface area contributed by atoms with E-state index in [9.17, 15) is 0 Å². The lowest BCUT2D eigenvalue weighted by molar-refractivity contribution is 0.103. The average molecular weight is 276 g/mol. The zero-order valence-corrected chi connectivity index (χ0v) is 12.9. The monoisotopic (exact) mass is 276 g/mol. The topological polar surface area (TPSA) is 28.4 Å². The third-order valence-electron chi connectivity index (χ3n) is 5.01. The van der Waals surface area contributed by atoms with Crippen molar-refractivity contribution in [2.45, 2.75) is 58.0 Å². The summed E-state index contributed by atoms with van der Waals surface area (Å²) in [6, 6.07) is 3.39. The molecule has 1 aromatic rings. The van der Waals surface area contributed by atoms with E-state index >= 15 is 0 Å². The Labute approximate surface area is 122 Å². The molecular weight excluding hydrogens is 248 g/mol. The quantitative estimate of drug-likeness (QED) is 0.914. The largest absolute Gasteiger partial charge is 0.469 e. The Kier molecular flexibility index (Phi) is 4.47. The Hall–Kier alpha value is -0.800. The van der Waals surface area contributed by atoms with Crippen LogP contribution >= 0.6 is 0 Å². The van der Waals surface area contributed by atoms with Gasteiger partial charge in [-0.05, 0) is 64.6 Å². The van der Waals surface area contributed by atoms with Crippen molar-refractivity contribution in [2.24, 2.45) is 5.92 Å². The van der Waals surface area contributed by atoms with Gasteiger partial charge in [0.05, 0.1) is 6.26 Å². The number of hydrogen-bond acceptors (Lipinski definition) is 3. The Morgan fingerprint density at radius 3 is 2.85 bits per heavy atom. The second kappa shape index (κ2) is 6.31. The highest BCUT2D eigenvalue weighted by Crippen LogP contribution is 2.37. The minimum absolute atomic E-state index is 0.576. The van der Waals surface area contributed by atoms with E-state index in [4.69, 9.17) is 4.42 Å². The Balaban J connectivity index is 1.74. The first-order valence-electron chi connectivity index (χ1n) is 8.28. The summed E-state index contributed by atoms with van der Waals surface area (Å²) in [6.45, 7) is 8.32. The van der Waals surface area contributed by atoms with E-state index in [0.29, 0.717) is 12.1 Å². The molecule has 1 N–H and O–H groups in total. The van der Waals surface area contributed by atoms with Gasteiger partial charge in [0.15, 0.2) is 0 Å². The summed E-state index contributed by atoms with van der Waals surface area (Å²) in [7, 11) is 0. The SMILES string of the molecule is CC(C)N(CC1CCNCC1)C1CCCc2occc21. The summed E-state index contributed by atoms with van der Waals surface area (Å²) in [5.41, 5.74) is 1.46. The number of nitrogens with zero attached hydrogens (tertiary/aromatic N) is 1. The molecule has 1 aliphatic heterocycles. The predicted octanol–water partition coefficient (Wildman–Crippen LogP) is 3.37. The smallest absolute Gasteiger partial charge is 0.108 e. The van der Waals surface area contributed by atoms with Crippen molar-refractivity contribution in [1.29, 1.82) is 0 Å². The van der Waals surface area contributed by atoms with E-state index in [1.165, 1.54) is 56.6 Å². The van der Waals surface area contributed by atoms with Crippen molar-refractivity contribution in [1.82, 2.24) is 10.2 Å². The summed E-state index contributed by atoms with van der Waals surface area (Å²) < 4.78 is 5.67. The number of furan rings is 1. The summed E-state index contributed by atoms with van der Waals surface area (Å²) in [4.78, 5) is 2.73. The maximum absolute atomic E-state index is 5.67. The van der Waals surface area contributed by atoms with Gasteiger partial charge < -0.3 is 9.73 Å². The molecule has 1 fully saturated rings. The van der Waals surface area contributed by atoms with Gasteiger partial charge in [-0.1, -0.05) is 0 Å². The molecule has 3 nitrogen and oxygen atoms in total. The van der Waals surface area contributed by atoms with E-state index in [1.54, 1.807) is 0 Å². The average Bonchev–Trinajstić information content (AvgIpc) is 2.94. The lowest BCUT2D eigenvalue weighted by atomic mass is 9.89. The van der Waals surface area contributed by atoms with Gasteiger partial charge in [-0.25, -0.2) is 0 Å². The third kappa shape index (κ3) is 2.94. The number of piperidine rings is 1. The van der Waals surface area contributed by atoms with Crippen LogP contribution in [0.25, 0.3) is 0 Å². The normalized spacial score (nSPS) is 24.3. The number of hydrogen-bond donors (Lipinski definition) is 1. The van der Waals surface area contributed by atoms with Crippen LogP contribution in [0.5, 0.6) is 0 Å². The molecular formula is C17H28N2O. The highest BCUT2D eigenvalue weighted by molar-refractivity contribution is 5.24. The van der Waals surface area contributed by atoms with Crippen LogP contribution in [0, 0.1) is 5.92 Å². The predicted molar refractivity (Wildman–Crippen MR) is 81.8 cm³/mol. The maximum atomic E-state index is 5.67. The molecule has 1 saturated heterocycles. The minimum atomic E-state index is 0.576. The zero-order chi connectivity index (χ0) is 13.9. The number of nitrogens with one attached hydrogen (secondary N) is 1. The fraction of sp³-hybridized carbons (Fsp3) is 0.765. The van der Waals surface area contributed by atoms with Crippen LogP contribution in [0.2, 0.25) is 0 Å². The van der Waals surface area contributed by atoms with Crippen LogP contribution in [0.1, 0.15) is 56.9 Å². The Morgan fingerprint density at radius 1 is 1.30 bits per heavy atom. The van der Waals surface area contributed by atoms with Gasteiger partial charge >= 0.3 is 0 Å². The van der Waals surface area contributed by atoms with Crippen molar-refractivity contribution >= 4 is 0 Å². The van der Waals surface area contributed by atoms with E-state index in [2.05, 4.69) is 30.1 Å². The molecule has 1 atom stereocenters. The van der Waals surface area contributed by atoms with Crippen LogP contribution in [0.15, 0.2) is 16.7 Å². The molecule has 2 heterocycles. The zero-order valence-electron chi connectivity index (χ0n) is 12.9. The fourth-order valence-electron chi connectivity index (χ4n) is 3.87. The first-order chi connectivity index (χ1) is 9.75. The van der Waals surface area contributed by atoms with E-state index < -0.39 is 0 Å². The molecule has 3 rings (SSSR count). The highest BCUT2D eigenvalue weighted by atomic mass is 16.3. The molecule has 0 bridgehead atoms. The van der Waals surface area contributed by atoms with Crippen LogP contribution in [0.3, 0.4) is 0 Å². The molecule has 0 aromatic carbocycles. The molecule has 2 aliphatic rings. The third-order valence-corrected chi connectivity index (χ3v) is 5.01. The van der Waals surface area contributed by atoms with Gasteiger partial charge in [0.25, 0.3) is 0 Å². The number of fused-ring (bicyclic) bond motifs is 1. The first kappa shape index (κ1) is 14.2. The molecule has 0 saturated carbocycles. The van der Waals surface area contributed by atoms with Gasteiger partial charge in [-0.3, -0.25) is 4.90 Å². The summed E-state index contributed by atoms with van der Waals surface area (Å²) >= 11 is 0. The second-order valence-electron chi connectivity index (χ2n) is 6.69. The van der Waals surface area contributed by atoms with E-state index in [-0.39, 0.29) is 0 Å². The molecule has 112 valence electrons. The standard InChI is InChI=1S/C17H28N2O/c1-13(2)19(12-14-6-9-18-10-7-14)16-4-3-5-17-15(16)8-11-20-17/h8,11,13-14,16,18H,3-7,9-10,12H2,1-2H3. The van der Waals surface area contributed by atoms with Crippen LogP contribution in [-0.2, 0) is 6.42 Å². The van der Waals surface area contributed by atoms with Crippen molar-refractivity contribution in [3.63, 3.8) is 0 Å². The van der Waals surface area contributed by atoms with Crippen LogP contribution in [0.4, 0.5) is 0 Å². The van der Waals surface area contributed by atoms with Crippen molar-refractivity contribution < 1.29 is 4.42 Å². The van der Waals surface area contributed by atoms with Gasteiger partial charge in [0.2, 0.25) is 0 Å². The summed E-state index contributed by atoms with van der Waals surface area (Å²) in [5, 5.41) is 3.47. The molecule has 1 unspecified atom stereocenters. The molecule has 1 aliphatic carbocycles. The minimum Gasteiger partial charge on any atom is -0.469 e. The number of aryl methyl sites for hydroxylation is 1. The van der Waals surface area contributed by atoms with Gasteiger partial charge in [-0.15, -0.1) is 0 Å². The van der Waals surface area contributed by atoms with Gasteiger partial charge in [-0.2, -0.15) is 0 Å². The Bertz CT molecular complexity index is 420. The van der Waals surface area contributed by atoms with Crippen LogP contribution < -0.4 is 5.32 Å². The summed E-state index contributed by atoms with van der Waals surface area (Å²) in [5.74, 6) is 2.09. The maximum Gasteiger partial charge on any atom is 0.108 e. The lowest BCUT2D eigenvalue weighted by Gasteiger charge is -2.40. The highest BCUT2D eigenvalue weighted by Gasteiger charge is 2.31. The van der Waals surface area contributed by atoms with Crippen LogP contribution in [-0.4, -0.2) is 30.6 Å². The van der Waals surface area contributed by atoms with Gasteiger partial charge in [0, 0.05) is 30.6 Å². The molecule has 1 aromatic heterocycles. The fourth-order valence-corrected chi connectivity index (χ4v) is 3.87. The molecule has 0 spiro atoms. The van der Waals surface area contributed by atoms with E-state index in [0.717, 1.165) is 12.3 Å².